The van der Waals surface area contributed by atoms with Gasteiger partial charge in [0.15, 0.2) is 17.7 Å². The fraction of sp³-hybridized carbons (Fsp3) is 0.280. The molecule has 1 aromatic carbocycles. The van der Waals surface area contributed by atoms with Gasteiger partial charge < -0.3 is 0 Å². The van der Waals surface area contributed by atoms with Crippen molar-refractivity contribution in [2.24, 2.45) is 9.98 Å². The number of aromatic nitrogens is 3. The number of amides is 1. The number of hydrogen-bond donors (Lipinski definition) is 0. The molecule has 7 nitrogen and oxygen atoms in total. The minimum Gasteiger partial charge on any atom is -0.292 e. The van der Waals surface area contributed by atoms with Crippen LogP contribution in [0.1, 0.15) is 47.3 Å². The van der Waals surface area contributed by atoms with Gasteiger partial charge in [0.2, 0.25) is 5.91 Å². The number of alkyl halides is 3. The first-order chi connectivity index (χ1) is 16.9. The van der Waals surface area contributed by atoms with Gasteiger partial charge >= 0.3 is 6.18 Å². The van der Waals surface area contributed by atoms with Crippen LogP contribution in [0.2, 0.25) is 0 Å². The summed E-state index contributed by atoms with van der Waals surface area (Å²) in [7, 11) is 0. The number of fused-ring (bicyclic) bond motifs is 1. The van der Waals surface area contributed by atoms with Crippen LogP contribution in [0.3, 0.4) is 0 Å². The molecule has 3 aliphatic rings. The Hall–Kier alpha value is -3.95. The number of rotatable bonds is 5. The SMILES string of the molecule is O=C1Cc2cnc(-c3cccnc3C3CC3)nc2N1Cc1ccc(C2N=CC(C(F)(F)F)=N2)cc1. The maximum Gasteiger partial charge on any atom is 0.434 e. The van der Waals surface area contributed by atoms with E-state index < -0.39 is 18.1 Å². The van der Waals surface area contributed by atoms with Crippen molar-refractivity contribution in [3.8, 4) is 11.4 Å². The number of carbonyl (C=O) groups excluding carboxylic acids is 1. The third-order valence-corrected chi connectivity index (χ3v) is 6.29. The Morgan fingerprint density at radius 2 is 1.86 bits per heavy atom. The minimum absolute atomic E-state index is 0.0797. The van der Waals surface area contributed by atoms with Crippen LogP contribution in [-0.4, -0.2) is 39.0 Å². The van der Waals surface area contributed by atoms with Crippen LogP contribution in [0.25, 0.3) is 11.4 Å². The number of nitrogens with zero attached hydrogens (tertiary/aromatic N) is 6. The van der Waals surface area contributed by atoms with E-state index in [0.29, 0.717) is 23.1 Å². The second kappa shape index (κ2) is 8.07. The van der Waals surface area contributed by atoms with Crippen molar-refractivity contribution in [3.63, 3.8) is 0 Å². The molecule has 1 unspecified atom stereocenters. The lowest BCUT2D eigenvalue weighted by Crippen LogP contribution is -2.26. The van der Waals surface area contributed by atoms with Gasteiger partial charge in [0.05, 0.1) is 24.9 Å². The molecule has 0 radical (unpaired) electrons. The third-order valence-electron chi connectivity index (χ3n) is 6.29. The van der Waals surface area contributed by atoms with Crippen LogP contribution in [0.15, 0.2) is 58.8 Å². The van der Waals surface area contributed by atoms with Gasteiger partial charge in [-0.15, -0.1) is 0 Å². The van der Waals surface area contributed by atoms with Crippen LogP contribution in [0, 0.1) is 0 Å². The standard InChI is InChI=1S/C25H19F3N6O/c26-25(27,28)19-12-31-22(32-19)16-5-3-14(4-6-16)13-34-20(35)10-17-11-30-23(33-24(17)34)18-2-1-9-29-21(18)15-7-8-15/h1-6,9,11-12,15,22H,7-8,10,13H2. The van der Waals surface area contributed by atoms with Gasteiger partial charge in [0.25, 0.3) is 0 Å². The molecule has 3 aromatic rings. The second-order valence-electron chi connectivity index (χ2n) is 8.82. The summed E-state index contributed by atoms with van der Waals surface area (Å²) in [6.45, 7) is 0.288. The molecule has 1 atom stereocenters. The van der Waals surface area contributed by atoms with Crippen molar-refractivity contribution in [2.75, 3.05) is 4.90 Å². The van der Waals surface area contributed by atoms with Crippen LogP contribution in [-0.2, 0) is 17.8 Å². The summed E-state index contributed by atoms with van der Waals surface area (Å²) in [6, 6.07) is 10.7. The van der Waals surface area contributed by atoms with Gasteiger partial charge in [-0.1, -0.05) is 24.3 Å². The highest BCUT2D eigenvalue weighted by molar-refractivity contribution is 6.34. The first-order valence-corrected chi connectivity index (χ1v) is 11.3. The highest BCUT2D eigenvalue weighted by atomic mass is 19.4. The van der Waals surface area contributed by atoms with E-state index in [1.54, 1.807) is 41.6 Å². The number of benzene rings is 1. The van der Waals surface area contributed by atoms with Gasteiger partial charge in [0.1, 0.15) is 5.82 Å². The minimum atomic E-state index is -4.52. The van der Waals surface area contributed by atoms with E-state index >= 15 is 0 Å². The highest BCUT2D eigenvalue weighted by Gasteiger charge is 2.37. The maximum absolute atomic E-state index is 12.8. The molecule has 4 heterocycles. The maximum atomic E-state index is 12.8. The molecular formula is C25H19F3N6O. The number of anilines is 1. The zero-order chi connectivity index (χ0) is 24.2. The molecular weight excluding hydrogens is 457 g/mol. The number of aliphatic imine (C=N–C) groups is 2. The van der Waals surface area contributed by atoms with Crippen molar-refractivity contribution in [2.45, 2.75) is 44.1 Å². The zero-order valence-electron chi connectivity index (χ0n) is 18.4. The highest BCUT2D eigenvalue weighted by Crippen LogP contribution is 2.43. The predicted molar refractivity (Wildman–Crippen MR) is 123 cm³/mol. The molecule has 0 saturated heterocycles. The number of halogens is 3. The Labute approximate surface area is 198 Å². The zero-order valence-corrected chi connectivity index (χ0v) is 18.4. The van der Waals surface area contributed by atoms with E-state index in [2.05, 4.69) is 20.0 Å². The molecule has 6 rings (SSSR count). The van der Waals surface area contributed by atoms with Crippen LogP contribution < -0.4 is 4.90 Å². The molecule has 0 bridgehead atoms. The lowest BCUT2D eigenvalue weighted by molar-refractivity contribution is -0.117. The molecule has 35 heavy (non-hydrogen) atoms. The summed E-state index contributed by atoms with van der Waals surface area (Å²) >= 11 is 0. The Morgan fingerprint density at radius 1 is 1.06 bits per heavy atom. The van der Waals surface area contributed by atoms with Gasteiger partial charge in [-0.05, 0) is 36.1 Å². The molecule has 2 aromatic heterocycles. The molecule has 1 amide bonds. The lowest BCUT2D eigenvalue weighted by Gasteiger charge is -2.18. The summed E-state index contributed by atoms with van der Waals surface area (Å²) in [5.41, 5.74) is 3.02. The smallest absolute Gasteiger partial charge is 0.292 e. The number of hydrogen-bond acceptors (Lipinski definition) is 6. The fourth-order valence-electron chi connectivity index (χ4n) is 4.34. The fourth-order valence-corrected chi connectivity index (χ4v) is 4.34. The average molecular weight is 476 g/mol. The summed E-state index contributed by atoms with van der Waals surface area (Å²) < 4.78 is 38.5. The first-order valence-electron chi connectivity index (χ1n) is 11.3. The largest absolute Gasteiger partial charge is 0.434 e. The van der Waals surface area contributed by atoms with E-state index in [1.165, 1.54) is 0 Å². The van der Waals surface area contributed by atoms with E-state index in [9.17, 15) is 18.0 Å². The van der Waals surface area contributed by atoms with Gasteiger partial charge in [-0.3, -0.25) is 19.7 Å². The van der Waals surface area contributed by atoms with E-state index in [-0.39, 0.29) is 18.9 Å². The van der Waals surface area contributed by atoms with Gasteiger partial charge in [-0.2, -0.15) is 13.2 Å². The molecule has 1 fully saturated rings. The quantitative estimate of drug-likeness (QED) is 0.539. The molecule has 1 aliphatic carbocycles. The van der Waals surface area contributed by atoms with Crippen LogP contribution >= 0.6 is 0 Å². The first kappa shape index (κ1) is 21.6. The van der Waals surface area contributed by atoms with Gasteiger partial charge in [-0.25, -0.2) is 15.0 Å². The summed E-state index contributed by atoms with van der Waals surface area (Å²) in [6.07, 6.45) is 1.24. The predicted octanol–water partition coefficient (Wildman–Crippen LogP) is 4.59. The Morgan fingerprint density at radius 3 is 2.57 bits per heavy atom. The van der Waals surface area contributed by atoms with Gasteiger partial charge in [0, 0.05) is 29.4 Å². The van der Waals surface area contributed by atoms with Crippen molar-refractivity contribution in [3.05, 3.63) is 71.2 Å². The van der Waals surface area contributed by atoms with E-state index in [1.807, 2.05) is 12.1 Å². The van der Waals surface area contributed by atoms with Crippen molar-refractivity contribution in [1.29, 1.82) is 0 Å². The molecule has 1 saturated carbocycles. The summed E-state index contributed by atoms with van der Waals surface area (Å²) in [5, 5.41) is 0. The van der Waals surface area contributed by atoms with E-state index in [4.69, 9.17) is 4.98 Å². The monoisotopic (exact) mass is 476 g/mol. The van der Waals surface area contributed by atoms with Crippen molar-refractivity contribution >= 4 is 23.7 Å². The summed E-state index contributed by atoms with van der Waals surface area (Å²) in [4.78, 5) is 35.7. The van der Waals surface area contributed by atoms with Crippen LogP contribution in [0.4, 0.5) is 19.0 Å². The molecule has 2 aliphatic heterocycles. The third kappa shape index (κ3) is 4.09. The Kier molecular flexibility index (Phi) is 4.98. The average Bonchev–Trinajstić information content (AvgIpc) is 3.48. The number of pyridine rings is 1. The topological polar surface area (TPSA) is 83.7 Å². The van der Waals surface area contributed by atoms with E-state index in [0.717, 1.165) is 41.4 Å². The van der Waals surface area contributed by atoms with Crippen molar-refractivity contribution in [1.82, 2.24) is 15.0 Å². The van der Waals surface area contributed by atoms with Crippen LogP contribution in [0.5, 0.6) is 0 Å². The second-order valence-corrected chi connectivity index (χ2v) is 8.82. The Bertz CT molecular complexity index is 1380. The molecule has 176 valence electrons. The Balaban J connectivity index is 1.24. The lowest BCUT2D eigenvalue weighted by atomic mass is 10.1. The molecule has 10 heteroatoms. The normalized spacial score (nSPS) is 19.3. The number of carbonyl (C=O) groups is 1. The molecule has 0 spiro atoms. The summed E-state index contributed by atoms with van der Waals surface area (Å²) in [5.74, 6) is 1.48. The molecule has 0 N–H and O–H groups in total. The van der Waals surface area contributed by atoms with Crippen molar-refractivity contribution < 1.29 is 18.0 Å².